The second kappa shape index (κ2) is 8.00. The van der Waals surface area contributed by atoms with Crippen LogP contribution in [0, 0.1) is 5.92 Å². The van der Waals surface area contributed by atoms with Crippen LogP contribution in [-0.2, 0) is 0 Å². The molecule has 0 aromatic carbocycles. The molecule has 0 saturated heterocycles. The van der Waals surface area contributed by atoms with Crippen LogP contribution in [0.5, 0.6) is 0 Å². The van der Waals surface area contributed by atoms with Crippen LogP contribution in [0.2, 0.25) is 0 Å². The Morgan fingerprint density at radius 1 is 1.11 bits per heavy atom. The number of nitrogens with zero attached hydrogens (tertiary/aromatic N) is 1. The lowest BCUT2D eigenvalue weighted by Crippen LogP contribution is -2.50. The third-order valence-electron chi connectivity index (χ3n) is 2.87. The van der Waals surface area contributed by atoms with E-state index in [4.69, 9.17) is 0 Å². The van der Waals surface area contributed by atoms with E-state index in [0.29, 0.717) is 19.1 Å². The summed E-state index contributed by atoms with van der Waals surface area (Å²) in [4.78, 5) is 1.56. The van der Waals surface area contributed by atoms with E-state index in [1.807, 2.05) is 34.6 Å². The fraction of sp³-hybridized carbons (Fsp3) is 1.00. The number of rotatable bonds is 8. The highest BCUT2D eigenvalue weighted by atomic mass is 19.4. The zero-order valence-electron chi connectivity index (χ0n) is 12.1. The largest absolute Gasteiger partial charge is 0.401 e. The van der Waals surface area contributed by atoms with E-state index in [1.54, 1.807) is 4.90 Å². The van der Waals surface area contributed by atoms with Crippen LogP contribution in [0.1, 0.15) is 41.0 Å². The lowest BCUT2D eigenvalue weighted by molar-refractivity contribution is -0.152. The van der Waals surface area contributed by atoms with Gasteiger partial charge in [0.2, 0.25) is 0 Å². The second-order valence-electron chi connectivity index (χ2n) is 5.46. The molecule has 0 amide bonds. The SMILES string of the molecule is CCCN(CC(F)(F)F)C(CNC(C)C)C(C)C. The zero-order chi connectivity index (χ0) is 14.3. The van der Waals surface area contributed by atoms with Gasteiger partial charge in [0.15, 0.2) is 0 Å². The number of hydrogen-bond donors (Lipinski definition) is 1. The van der Waals surface area contributed by atoms with Gasteiger partial charge in [-0.3, -0.25) is 4.90 Å². The summed E-state index contributed by atoms with van der Waals surface area (Å²) in [6, 6.07) is 0.217. The molecule has 0 fully saturated rings. The Bertz CT molecular complexity index is 215. The Hall–Kier alpha value is -0.290. The molecule has 0 spiro atoms. The molecule has 1 atom stereocenters. The Morgan fingerprint density at radius 2 is 1.67 bits per heavy atom. The minimum Gasteiger partial charge on any atom is -0.313 e. The van der Waals surface area contributed by atoms with Crippen molar-refractivity contribution in [3.63, 3.8) is 0 Å². The molecule has 0 aliphatic carbocycles. The molecule has 0 saturated carbocycles. The van der Waals surface area contributed by atoms with Crippen molar-refractivity contribution in [1.29, 1.82) is 0 Å². The van der Waals surface area contributed by atoms with E-state index in [0.717, 1.165) is 6.42 Å². The van der Waals surface area contributed by atoms with Crippen LogP contribution in [0.4, 0.5) is 13.2 Å². The quantitative estimate of drug-likeness (QED) is 0.726. The van der Waals surface area contributed by atoms with Crippen molar-refractivity contribution in [1.82, 2.24) is 10.2 Å². The molecule has 1 N–H and O–H groups in total. The van der Waals surface area contributed by atoms with Gasteiger partial charge in [0, 0.05) is 18.6 Å². The summed E-state index contributed by atoms with van der Waals surface area (Å²) < 4.78 is 37.8. The first kappa shape index (κ1) is 17.7. The van der Waals surface area contributed by atoms with Gasteiger partial charge >= 0.3 is 6.18 Å². The molecule has 0 aromatic heterocycles. The van der Waals surface area contributed by atoms with E-state index in [-0.39, 0.29) is 12.0 Å². The van der Waals surface area contributed by atoms with Crippen molar-refractivity contribution in [3.8, 4) is 0 Å². The van der Waals surface area contributed by atoms with Crippen molar-refractivity contribution >= 4 is 0 Å². The second-order valence-corrected chi connectivity index (χ2v) is 5.46. The maximum Gasteiger partial charge on any atom is 0.401 e. The predicted octanol–water partition coefficient (Wildman–Crippen LogP) is 3.28. The minimum atomic E-state index is -4.12. The Kier molecular flexibility index (Phi) is 7.87. The molecule has 0 aliphatic rings. The van der Waals surface area contributed by atoms with E-state index < -0.39 is 12.7 Å². The van der Waals surface area contributed by atoms with Crippen molar-refractivity contribution in [2.45, 2.75) is 59.3 Å². The Balaban J connectivity index is 4.65. The summed E-state index contributed by atoms with van der Waals surface area (Å²) in [7, 11) is 0. The maximum absolute atomic E-state index is 12.6. The van der Waals surface area contributed by atoms with Crippen LogP contribution in [-0.4, -0.2) is 42.8 Å². The molecule has 110 valence electrons. The highest BCUT2D eigenvalue weighted by Gasteiger charge is 2.34. The van der Waals surface area contributed by atoms with Crippen molar-refractivity contribution in [3.05, 3.63) is 0 Å². The van der Waals surface area contributed by atoms with Crippen molar-refractivity contribution in [2.24, 2.45) is 5.92 Å². The number of hydrogen-bond acceptors (Lipinski definition) is 2. The van der Waals surface area contributed by atoms with Crippen LogP contribution in [0.3, 0.4) is 0 Å². The summed E-state index contributed by atoms with van der Waals surface area (Å²) in [5.74, 6) is 0.199. The Labute approximate surface area is 109 Å². The standard InChI is InChI=1S/C13H27F3N2/c1-6-7-18(9-13(14,15)16)12(10(2)3)8-17-11(4)5/h10-12,17H,6-9H2,1-5H3. The van der Waals surface area contributed by atoms with Crippen LogP contribution in [0.25, 0.3) is 0 Å². The first-order valence-corrected chi connectivity index (χ1v) is 6.71. The normalized spacial score (nSPS) is 14.8. The fourth-order valence-corrected chi connectivity index (χ4v) is 2.02. The number of halogens is 3. The van der Waals surface area contributed by atoms with Crippen molar-refractivity contribution < 1.29 is 13.2 Å². The van der Waals surface area contributed by atoms with Gasteiger partial charge in [-0.15, -0.1) is 0 Å². The number of alkyl halides is 3. The topological polar surface area (TPSA) is 15.3 Å². The van der Waals surface area contributed by atoms with Crippen LogP contribution in [0.15, 0.2) is 0 Å². The highest BCUT2D eigenvalue weighted by molar-refractivity contribution is 4.79. The molecule has 5 heteroatoms. The van der Waals surface area contributed by atoms with E-state index >= 15 is 0 Å². The smallest absolute Gasteiger partial charge is 0.313 e. The van der Waals surface area contributed by atoms with Gasteiger partial charge in [0.05, 0.1) is 6.54 Å². The van der Waals surface area contributed by atoms with Gasteiger partial charge in [-0.05, 0) is 18.9 Å². The molecule has 0 heterocycles. The maximum atomic E-state index is 12.6. The molecule has 0 aliphatic heterocycles. The Morgan fingerprint density at radius 3 is 2.00 bits per heavy atom. The van der Waals surface area contributed by atoms with Gasteiger partial charge < -0.3 is 5.32 Å². The molecule has 1 unspecified atom stereocenters. The third-order valence-corrected chi connectivity index (χ3v) is 2.87. The molecular formula is C13H27F3N2. The van der Waals surface area contributed by atoms with Gasteiger partial charge in [0.25, 0.3) is 0 Å². The summed E-state index contributed by atoms with van der Waals surface area (Å²) >= 11 is 0. The first-order chi connectivity index (χ1) is 8.17. The predicted molar refractivity (Wildman–Crippen MR) is 69.7 cm³/mol. The van der Waals surface area contributed by atoms with Gasteiger partial charge in [-0.1, -0.05) is 34.6 Å². The molecule has 0 bridgehead atoms. The minimum absolute atomic E-state index is 0.0750. The average Bonchev–Trinajstić information content (AvgIpc) is 2.14. The monoisotopic (exact) mass is 268 g/mol. The summed E-state index contributed by atoms with van der Waals surface area (Å²) in [5, 5.41) is 3.24. The average molecular weight is 268 g/mol. The van der Waals surface area contributed by atoms with Gasteiger partial charge in [-0.2, -0.15) is 13.2 Å². The summed E-state index contributed by atoms with van der Waals surface area (Å²) in [6.45, 7) is 10.2. The van der Waals surface area contributed by atoms with Crippen LogP contribution < -0.4 is 5.32 Å². The highest BCUT2D eigenvalue weighted by Crippen LogP contribution is 2.20. The lowest BCUT2D eigenvalue weighted by Gasteiger charge is -2.35. The molecule has 0 aromatic rings. The fourth-order valence-electron chi connectivity index (χ4n) is 2.02. The van der Waals surface area contributed by atoms with Crippen LogP contribution >= 0.6 is 0 Å². The summed E-state index contributed by atoms with van der Waals surface area (Å²) in [5.41, 5.74) is 0. The third kappa shape index (κ3) is 7.93. The van der Waals surface area contributed by atoms with Crippen molar-refractivity contribution in [2.75, 3.05) is 19.6 Å². The molecule has 0 rings (SSSR count). The molecule has 18 heavy (non-hydrogen) atoms. The van der Waals surface area contributed by atoms with E-state index in [1.165, 1.54) is 0 Å². The first-order valence-electron chi connectivity index (χ1n) is 6.71. The molecule has 2 nitrogen and oxygen atoms in total. The zero-order valence-corrected chi connectivity index (χ0v) is 12.1. The van der Waals surface area contributed by atoms with E-state index in [2.05, 4.69) is 5.32 Å². The van der Waals surface area contributed by atoms with Gasteiger partial charge in [-0.25, -0.2) is 0 Å². The molecular weight excluding hydrogens is 241 g/mol. The van der Waals surface area contributed by atoms with Gasteiger partial charge in [0.1, 0.15) is 0 Å². The van der Waals surface area contributed by atoms with E-state index in [9.17, 15) is 13.2 Å². The molecule has 0 radical (unpaired) electrons. The lowest BCUT2D eigenvalue weighted by atomic mass is 10.0. The summed E-state index contributed by atoms with van der Waals surface area (Å²) in [6.07, 6.45) is -3.39. The number of nitrogens with one attached hydrogen (secondary N) is 1.